The molecule has 0 spiro atoms. The predicted octanol–water partition coefficient (Wildman–Crippen LogP) is 4.45. The average Bonchev–Trinajstić information content (AvgIpc) is 2.67. The zero-order chi connectivity index (χ0) is 17.6. The van der Waals surface area contributed by atoms with Crippen molar-refractivity contribution in [3.63, 3.8) is 0 Å². The minimum Gasteiger partial charge on any atom is -0.301 e. The first kappa shape index (κ1) is 16.7. The van der Waals surface area contributed by atoms with Crippen LogP contribution >= 0.6 is 11.6 Å². The summed E-state index contributed by atoms with van der Waals surface area (Å²) in [6, 6.07) is 21.7. The Morgan fingerprint density at radius 1 is 1.08 bits per heavy atom. The zero-order valence-electron chi connectivity index (χ0n) is 13.3. The molecule has 0 aliphatic rings. The Bertz CT molecular complexity index is 921. The minimum atomic E-state index is -0.289. The van der Waals surface area contributed by atoms with Crippen LogP contribution in [0.3, 0.4) is 0 Å². The molecule has 0 radical (unpaired) electrons. The number of rotatable bonds is 4. The normalized spacial score (nSPS) is 10.1. The highest BCUT2D eigenvalue weighted by Crippen LogP contribution is 2.27. The number of benzene rings is 2. The topological polar surface area (TPSA) is 57.0 Å². The third-order valence-electron chi connectivity index (χ3n) is 3.68. The van der Waals surface area contributed by atoms with Crippen molar-refractivity contribution in [2.45, 2.75) is 6.54 Å². The molecular formula is C20H14ClN3O. The highest BCUT2D eigenvalue weighted by Gasteiger charge is 2.22. The van der Waals surface area contributed by atoms with Crippen molar-refractivity contribution in [3.05, 3.63) is 94.8 Å². The second kappa shape index (κ2) is 7.61. The van der Waals surface area contributed by atoms with E-state index in [0.29, 0.717) is 28.5 Å². The Kier molecular flexibility index (Phi) is 5.08. The number of carbonyl (C=O) groups is 1. The van der Waals surface area contributed by atoms with Crippen molar-refractivity contribution in [2.24, 2.45) is 0 Å². The van der Waals surface area contributed by atoms with Gasteiger partial charge in [0.25, 0.3) is 5.91 Å². The summed E-state index contributed by atoms with van der Waals surface area (Å²) < 4.78 is 0. The summed E-state index contributed by atoms with van der Waals surface area (Å²) in [6.45, 7) is 0.311. The molecule has 0 saturated carbocycles. The SMILES string of the molecule is N#Cc1ccc(Cl)cc1N(Cc1ccccc1)C(=O)c1ccccn1. The maximum absolute atomic E-state index is 13.0. The van der Waals surface area contributed by atoms with Gasteiger partial charge in [-0.1, -0.05) is 48.0 Å². The quantitative estimate of drug-likeness (QED) is 0.700. The third-order valence-corrected chi connectivity index (χ3v) is 3.92. The van der Waals surface area contributed by atoms with Crippen molar-refractivity contribution in [3.8, 4) is 6.07 Å². The van der Waals surface area contributed by atoms with Crippen molar-refractivity contribution >= 4 is 23.2 Å². The number of nitriles is 1. The number of hydrogen-bond donors (Lipinski definition) is 0. The van der Waals surface area contributed by atoms with E-state index in [2.05, 4.69) is 11.1 Å². The van der Waals surface area contributed by atoms with Crippen LogP contribution in [0.15, 0.2) is 72.9 Å². The van der Waals surface area contributed by atoms with E-state index < -0.39 is 0 Å². The number of anilines is 1. The molecule has 3 aromatic rings. The van der Waals surface area contributed by atoms with Gasteiger partial charge in [-0.2, -0.15) is 5.26 Å². The van der Waals surface area contributed by atoms with Gasteiger partial charge in [0.05, 0.1) is 17.8 Å². The highest BCUT2D eigenvalue weighted by molar-refractivity contribution is 6.31. The van der Waals surface area contributed by atoms with Gasteiger partial charge in [0.2, 0.25) is 0 Å². The maximum Gasteiger partial charge on any atom is 0.277 e. The fourth-order valence-corrected chi connectivity index (χ4v) is 2.65. The first-order valence-corrected chi connectivity index (χ1v) is 8.03. The summed E-state index contributed by atoms with van der Waals surface area (Å²) in [5, 5.41) is 9.89. The summed E-state index contributed by atoms with van der Waals surface area (Å²) >= 11 is 6.11. The molecule has 0 unspecified atom stereocenters. The standard InChI is InChI=1S/C20H14ClN3O/c21-17-10-9-16(13-22)19(12-17)24(14-15-6-2-1-3-7-15)20(25)18-8-4-5-11-23-18/h1-12H,14H2. The molecule has 1 amide bonds. The Morgan fingerprint density at radius 2 is 1.84 bits per heavy atom. The maximum atomic E-state index is 13.0. The Hall–Kier alpha value is -3.16. The molecule has 0 saturated heterocycles. The van der Waals surface area contributed by atoms with E-state index in [1.54, 1.807) is 42.6 Å². The highest BCUT2D eigenvalue weighted by atomic mass is 35.5. The van der Waals surface area contributed by atoms with Gasteiger partial charge in [-0.3, -0.25) is 9.78 Å². The fraction of sp³-hybridized carbons (Fsp3) is 0.0500. The van der Waals surface area contributed by atoms with E-state index in [1.807, 2.05) is 30.3 Å². The van der Waals surface area contributed by atoms with E-state index in [-0.39, 0.29) is 5.91 Å². The van der Waals surface area contributed by atoms with Crippen LogP contribution in [-0.4, -0.2) is 10.9 Å². The van der Waals surface area contributed by atoms with E-state index in [0.717, 1.165) is 5.56 Å². The summed E-state index contributed by atoms with van der Waals surface area (Å²) in [5.41, 5.74) is 2.09. The summed E-state index contributed by atoms with van der Waals surface area (Å²) in [6.07, 6.45) is 1.57. The molecule has 1 aromatic heterocycles. The van der Waals surface area contributed by atoms with Crippen LogP contribution in [0.5, 0.6) is 0 Å². The lowest BCUT2D eigenvalue weighted by Gasteiger charge is -2.24. The van der Waals surface area contributed by atoms with Crippen molar-refractivity contribution in [1.82, 2.24) is 4.98 Å². The van der Waals surface area contributed by atoms with E-state index in [4.69, 9.17) is 11.6 Å². The molecule has 0 fully saturated rings. The molecule has 0 aliphatic heterocycles. The number of nitrogens with zero attached hydrogens (tertiary/aromatic N) is 3. The molecular weight excluding hydrogens is 334 g/mol. The van der Waals surface area contributed by atoms with Gasteiger partial charge in [-0.25, -0.2) is 0 Å². The Balaban J connectivity index is 2.08. The number of aromatic nitrogens is 1. The van der Waals surface area contributed by atoms with Crippen molar-refractivity contribution in [2.75, 3.05) is 4.90 Å². The largest absolute Gasteiger partial charge is 0.301 e. The number of halogens is 1. The van der Waals surface area contributed by atoms with Crippen LogP contribution in [0.2, 0.25) is 5.02 Å². The Morgan fingerprint density at radius 3 is 2.52 bits per heavy atom. The lowest BCUT2D eigenvalue weighted by molar-refractivity contribution is 0.0980. The van der Waals surface area contributed by atoms with Gasteiger partial charge in [0.1, 0.15) is 11.8 Å². The van der Waals surface area contributed by atoms with Crippen molar-refractivity contribution in [1.29, 1.82) is 5.26 Å². The molecule has 0 N–H and O–H groups in total. The number of pyridine rings is 1. The number of hydrogen-bond acceptors (Lipinski definition) is 3. The first-order chi connectivity index (χ1) is 12.2. The smallest absolute Gasteiger partial charge is 0.277 e. The lowest BCUT2D eigenvalue weighted by atomic mass is 10.1. The number of carbonyl (C=O) groups excluding carboxylic acids is 1. The second-order valence-corrected chi connectivity index (χ2v) is 5.80. The average molecular weight is 348 g/mol. The number of amides is 1. The fourth-order valence-electron chi connectivity index (χ4n) is 2.48. The van der Waals surface area contributed by atoms with Gasteiger partial charge >= 0.3 is 0 Å². The molecule has 3 rings (SSSR count). The van der Waals surface area contributed by atoms with E-state index in [9.17, 15) is 10.1 Å². The van der Waals surface area contributed by atoms with Gasteiger partial charge in [-0.05, 0) is 35.9 Å². The van der Waals surface area contributed by atoms with E-state index >= 15 is 0 Å². The van der Waals surface area contributed by atoms with Gasteiger partial charge in [0, 0.05) is 11.2 Å². The van der Waals surface area contributed by atoms with Gasteiger partial charge < -0.3 is 4.90 Å². The van der Waals surface area contributed by atoms with Crippen LogP contribution in [0, 0.1) is 11.3 Å². The van der Waals surface area contributed by atoms with Crippen molar-refractivity contribution < 1.29 is 4.79 Å². The van der Waals surface area contributed by atoms with E-state index in [1.165, 1.54) is 4.90 Å². The van der Waals surface area contributed by atoms with Gasteiger partial charge in [-0.15, -0.1) is 0 Å². The molecule has 4 nitrogen and oxygen atoms in total. The molecule has 0 aliphatic carbocycles. The molecule has 2 aromatic carbocycles. The van der Waals surface area contributed by atoms with Gasteiger partial charge in [0.15, 0.2) is 0 Å². The van der Waals surface area contributed by atoms with Crippen LogP contribution in [0.25, 0.3) is 0 Å². The molecule has 122 valence electrons. The molecule has 0 bridgehead atoms. The summed E-state index contributed by atoms with van der Waals surface area (Å²) in [4.78, 5) is 18.7. The molecule has 0 atom stereocenters. The molecule has 5 heteroatoms. The summed E-state index contributed by atoms with van der Waals surface area (Å²) in [5.74, 6) is -0.289. The first-order valence-electron chi connectivity index (χ1n) is 7.65. The van der Waals surface area contributed by atoms with Crippen LogP contribution < -0.4 is 4.90 Å². The predicted molar refractivity (Wildman–Crippen MR) is 97.4 cm³/mol. The van der Waals surface area contributed by atoms with Crippen LogP contribution in [0.4, 0.5) is 5.69 Å². The third kappa shape index (κ3) is 3.85. The minimum absolute atomic E-state index is 0.289. The van der Waals surface area contributed by atoms with Crippen LogP contribution in [-0.2, 0) is 6.54 Å². The second-order valence-electron chi connectivity index (χ2n) is 5.37. The monoisotopic (exact) mass is 347 g/mol. The summed E-state index contributed by atoms with van der Waals surface area (Å²) in [7, 11) is 0. The molecule has 1 heterocycles. The molecule has 25 heavy (non-hydrogen) atoms. The Labute approximate surface area is 150 Å². The van der Waals surface area contributed by atoms with Crippen LogP contribution in [0.1, 0.15) is 21.6 Å². The lowest BCUT2D eigenvalue weighted by Crippen LogP contribution is -2.31. The zero-order valence-corrected chi connectivity index (χ0v) is 14.0.